The number of rotatable bonds is 11. The Morgan fingerprint density at radius 3 is 1.96 bits per heavy atom. The van der Waals surface area contributed by atoms with Crippen molar-refractivity contribution in [3.8, 4) is 16.9 Å². The zero-order chi connectivity index (χ0) is 18.8. The fraction of sp³-hybridized carbons (Fsp3) is 0.318. The summed E-state index contributed by atoms with van der Waals surface area (Å²) in [5.41, 5.74) is 2.80. The lowest BCUT2D eigenvalue weighted by Crippen LogP contribution is -1.98. The van der Waals surface area contributed by atoms with E-state index in [9.17, 15) is 4.79 Å². The molecule has 4 nitrogen and oxygen atoms in total. The molecule has 2 rings (SSSR count). The van der Waals surface area contributed by atoms with Crippen LogP contribution in [-0.4, -0.2) is 31.4 Å². The molecule has 0 amide bonds. The molecule has 0 aromatic heterocycles. The van der Waals surface area contributed by atoms with Gasteiger partial charge in [0.1, 0.15) is 5.75 Å². The Hall–Kier alpha value is -2.59. The lowest BCUT2D eigenvalue weighted by Gasteiger charge is -2.08. The second-order valence-electron chi connectivity index (χ2n) is 6.14. The monoisotopic (exact) mass is 354 g/mol. The van der Waals surface area contributed by atoms with Gasteiger partial charge in [-0.15, -0.1) is 0 Å². The molecule has 2 aromatic rings. The summed E-state index contributed by atoms with van der Waals surface area (Å²) >= 11 is 0. The van der Waals surface area contributed by atoms with Gasteiger partial charge in [-0.05, 0) is 48.1 Å². The van der Waals surface area contributed by atoms with Crippen molar-refractivity contribution in [3.05, 3.63) is 60.7 Å². The first-order valence-electron chi connectivity index (χ1n) is 8.86. The molecule has 0 saturated carbocycles. The molecule has 0 aliphatic carbocycles. The normalized spacial score (nSPS) is 10.5. The predicted octanol–water partition coefficient (Wildman–Crippen LogP) is 5.04. The molecule has 1 N–H and O–H groups in total. The minimum atomic E-state index is -1.00. The quantitative estimate of drug-likeness (QED) is 0.454. The van der Waals surface area contributed by atoms with Gasteiger partial charge in [0.25, 0.3) is 0 Å². The molecule has 26 heavy (non-hydrogen) atoms. The highest BCUT2D eigenvalue weighted by atomic mass is 16.5. The van der Waals surface area contributed by atoms with Gasteiger partial charge in [0.05, 0.1) is 12.2 Å². The molecule has 0 saturated heterocycles. The van der Waals surface area contributed by atoms with E-state index in [2.05, 4.69) is 6.58 Å². The summed E-state index contributed by atoms with van der Waals surface area (Å²) in [5.74, 6) is -0.139. The van der Waals surface area contributed by atoms with Gasteiger partial charge in [-0.1, -0.05) is 49.4 Å². The van der Waals surface area contributed by atoms with E-state index < -0.39 is 5.97 Å². The van der Waals surface area contributed by atoms with E-state index in [1.54, 1.807) is 19.2 Å². The molecule has 0 aliphatic heterocycles. The minimum absolute atomic E-state index is 0.0996. The molecule has 138 valence electrons. The third-order valence-corrected chi connectivity index (χ3v) is 4.19. The number of ether oxygens (including phenoxy) is 2. The van der Waals surface area contributed by atoms with Crippen LogP contribution in [0.25, 0.3) is 16.7 Å². The third-order valence-electron chi connectivity index (χ3n) is 4.19. The number of carbonyl (C=O) groups is 1. The summed E-state index contributed by atoms with van der Waals surface area (Å²) in [7, 11) is 1.73. The summed E-state index contributed by atoms with van der Waals surface area (Å²) < 4.78 is 10.8. The van der Waals surface area contributed by atoms with Gasteiger partial charge in [-0.3, -0.25) is 0 Å². The third kappa shape index (κ3) is 6.05. The molecule has 0 aliphatic rings. The molecule has 0 heterocycles. The Bertz CT molecular complexity index is 702. The Labute approximate surface area is 155 Å². The first kappa shape index (κ1) is 19.7. The highest BCUT2D eigenvalue weighted by Crippen LogP contribution is 2.24. The van der Waals surface area contributed by atoms with E-state index in [1.165, 1.54) is 6.42 Å². The zero-order valence-corrected chi connectivity index (χ0v) is 15.2. The summed E-state index contributed by atoms with van der Waals surface area (Å²) in [5, 5.41) is 8.98. The van der Waals surface area contributed by atoms with E-state index in [1.807, 2.05) is 36.4 Å². The van der Waals surface area contributed by atoms with Crippen molar-refractivity contribution in [2.45, 2.75) is 25.7 Å². The first-order chi connectivity index (χ1) is 12.6. The summed E-state index contributed by atoms with van der Waals surface area (Å²) in [4.78, 5) is 10.9. The number of methoxy groups -OCH3 is 1. The highest BCUT2D eigenvalue weighted by Gasteiger charge is 2.07. The maximum atomic E-state index is 10.9. The fourth-order valence-corrected chi connectivity index (χ4v) is 2.62. The maximum Gasteiger partial charge on any atom is 0.335 e. The molecule has 0 atom stereocenters. The number of hydrogen-bond donors (Lipinski definition) is 1. The molecule has 0 bridgehead atoms. The van der Waals surface area contributed by atoms with Gasteiger partial charge >= 0.3 is 5.97 Å². The number of carboxylic acids is 1. The molecular weight excluding hydrogens is 328 g/mol. The van der Waals surface area contributed by atoms with E-state index in [4.69, 9.17) is 14.6 Å². The lowest BCUT2D eigenvalue weighted by molar-refractivity contribution is -0.130. The summed E-state index contributed by atoms with van der Waals surface area (Å²) in [6.07, 6.45) is 4.46. The van der Waals surface area contributed by atoms with Gasteiger partial charge in [0, 0.05) is 13.7 Å². The van der Waals surface area contributed by atoms with Crippen LogP contribution in [0.3, 0.4) is 0 Å². The van der Waals surface area contributed by atoms with Crippen LogP contribution in [-0.2, 0) is 9.53 Å². The summed E-state index contributed by atoms with van der Waals surface area (Å²) in [6, 6.07) is 15.3. The van der Waals surface area contributed by atoms with Crippen molar-refractivity contribution in [2.24, 2.45) is 0 Å². The van der Waals surface area contributed by atoms with Crippen LogP contribution < -0.4 is 4.74 Å². The van der Waals surface area contributed by atoms with Crippen molar-refractivity contribution in [3.63, 3.8) is 0 Å². The van der Waals surface area contributed by atoms with Gasteiger partial charge in [0.2, 0.25) is 0 Å². The van der Waals surface area contributed by atoms with Crippen molar-refractivity contribution in [1.29, 1.82) is 0 Å². The molecule has 2 aromatic carbocycles. The van der Waals surface area contributed by atoms with Gasteiger partial charge < -0.3 is 14.6 Å². The number of aliphatic carboxylic acids is 1. The SMILES string of the molecule is C=C(C(=O)O)c1ccc(-c2ccc(OCCCCCCOC)cc2)cc1. The van der Waals surface area contributed by atoms with Crippen molar-refractivity contribution >= 4 is 11.5 Å². The average Bonchev–Trinajstić information content (AvgIpc) is 2.67. The van der Waals surface area contributed by atoms with Crippen molar-refractivity contribution in [2.75, 3.05) is 20.3 Å². The van der Waals surface area contributed by atoms with Crippen molar-refractivity contribution in [1.82, 2.24) is 0 Å². The van der Waals surface area contributed by atoms with E-state index in [0.29, 0.717) is 5.56 Å². The van der Waals surface area contributed by atoms with Crippen LogP contribution in [0.15, 0.2) is 55.1 Å². The van der Waals surface area contributed by atoms with Gasteiger partial charge in [0.15, 0.2) is 0 Å². The lowest BCUT2D eigenvalue weighted by atomic mass is 10.0. The second kappa shape index (κ2) is 10.4. The number of carboxylic acid groups (broad SMARTS) is 1. The zero-order valence-electron chi connectivity index (χ0n) is 15.2. The van der Waals surface area contributed by atoms with Crippen LogP contribution >= 0.6 is 0 Å². The topological polar surface area (TPSA) is 55.8 Å². The average molecular weight is 354 g/mol. The van der Waals surface area contributed by atoms with Crippen LogP contribution in [0.4, 0.5) is 0 Å². The van der Waals surface area contributed by atoms with Crippen LogP contribution in [0.5, 0.6) is 5.75 Å². The fourth-order valence-electron chi connectivity index (χ4n) is 2.62. The number of unbranched alkanes of at least 4 members (excludes halogenated alkanes) is 3. The maximum absolute atomic E-state index is 10.9. The van der Waals surface area contributed by atoms with Crippen molar-refractivity contribution < 1.29 is 19.4 Å². The van der Waals surface area contributed by atoms with Crippen LogP contribution in [0.2, 0.25) is 0 Å². The molecule has 0 spiro atoms. The molecule has 4 heteroatoms. The van der Waals surface area contributed by atoms with Crippen LogP contribution in [0.1, 0.15) is 31.2 Å². The minimum Gasteiger partial charge on any atom is -0.494 e. The first-order valence-corrected chi connectivity index (χ1v) is 8.86. The Balaban J connectivity index is 1.83. The largest absolute Gasteiger partial charge is 0.494 e. The number of benzene rings is 2. The molecule has 0 unspecified atom stereocenters. The molecule has 0 radical (unpaired) electrons. The van der Waals surface area contributed by atoms with Crippen LogP contribution in [0, 0.1) is 0 Å². The Morgan fingerprint density at radius 2 is 1.42 bits per heavy atom. The Kier molecular flexibility index (Phi) is 7.90. The summed E-state index contributed by atoms with van der Waals surface area (Å²) in [6.45, 7) is 5.12. The Morgan fingerprint density at radius 1 is 0.885 bits per heavy atom. The molecular formula is C22H26O4. The van der Waals surface area contributed by atoms with E-state index in [-0.39, 0.29) is 5.57 Å². The second-order valence-corrected chi connectivity index (χ2v) is 6.14. The standard InChI is InChI=1S/C22H26O4/c1-17(22(23)24)18-7-9-19(10-8-18)20-11-13-21(14-12-20)26-16-6-4-3-5-15-25-2/h7-14H,1,3-6,15-16H2,2H3,(H,23,24). The van der Waals surface area contributed by atoms with E-state index >= 15 is 0 Å². The highest BCUT2D eigenvalue weighted by molar-refractivity contribution is 6.14. The number of hydrogen-bond acceptors (Lipinski definition) is 3. The molecule has 0 fully saturated rings. The van der Waals surface area contributed by atoms with Gasteiger partial charge in [-0.2, -0.15) is 0 Å². The van der Waals surface area contributed by atoms with Gasteiger partial charge in [-0.25, -0.2) is 4.79 Å². The smallest absolute Gasteiger partial charge is 0.335 e. The predicted molar refractivity (Wildman–Crippen MR) is 104 cm³/mol. The van der Waals surface area contributed by atoms with E-state index in [0.717, 1.165) is 49.4 Å².